The molecule has 3 aromatic carbocycles. The first-order valence-electron chi connectivity index (χ1n) is 8.08. The van der Waals surface area contributed by atoms with Gasteiger partial charge < -0.3 is 4.74 Å². The Labute approximate surface area is 161 Å². The quantitative estimate of drug-likeness (QED) is 0.303. The second-order valence-corrected chi connectivity index (χ2v) is 7.35. The molecule has 0 aliphatic heterocycles. The molecule has 28 heavy (non-hydrogen) atoms. The molecule has 0 unspecified atom stereocenters. The molecule has 0 aliphatic rings. The Morgan fingerprint density at radius 3 is 2.04 bits per heavy atom. The summed E-state index contributed by atoms with van der Waals surface area (Å²) in [5.41, 5.74) is 2.84. The van der Waals surface area contributed by atoms with E-state index >= 15 is 0 Å². The van der Waals surface area contributed by atoms with Crippen molar-refractivity contribution in [3.63, 3.8) is 0 Å². The van der Waals surface area contributed by atoms with Crippen molar-refractivity contribution < 1.29 is 18.1 Å². The predicted octanol–water partition coefficient (Wildman–Crippen LogP) is 3.83. The average Bonchev–Trinajstić information content (AvgIpc) is 2.72. The van der Waals surface area contributed by atoms with Crippen molar-refractivity contribution in [2.75, 3.05) is 5.43 Å². The number of nitrogens with one attached hydrogen (secondary N) is 1. The van der Waals surface area contributed by atoms with Crippen LogP contribution in [0.4, 0.5) is 11.4 Å². The van der Waals surface area contributed by atoms with Gasteiger partial charge in [0.15, 0.2) is 0 Å². The maximum atomic E-state index is 12.9. The Hall–Kier alpha value is -3.72. The van der Waals surface area contributed by atoms with Crippen LogP contribution in [0.5, 0.6) is 5.75 Å². The van der Waals surface area contributed by atoms with E-state index in [0.717, 1.165) is 0 Å². The summed E-state index contributed by atoms with van der Waals surface area (Å²) in [5, 5.41) is 14.1. The van der Waals surface area contributed by atoms with Gasteiger partial charge in [0.25, 0.3) is 15.5 Å². The van der Waals surface area contributed by atoms with Crippen molar-refractivity contribution in [1.82, 2.24) is 0 Å². The summed E-state index contributed by atoms with van der Waals surface area (Å²) in [5.74, 6) is 0.297. The van der Waals surface area contributed by atoms with E-state index in [1.807, 2.05) is 0 Å². The van der Waals surface area contributed by atoms with Crippen LogP contribution in [0.25, 0.3) is 0 Å². The first kappa shape index (κ1) is 19.1. The van der Waals surface area contributed by atoms with Crippen LogP contribution >= 0.6 is 0 Å². The standard InChI is InChI=1S/C19H15N3O5S/c23-22(24)16-13-11-15(12-14-16)20-21-19(27-17-7-3-1-4-8-17)28(25,26)18-9-5-2-6-10-18/h1-14,20H/b21-19+. The first-order valence-corrected chi connectivity index (χ1v) is 9.56. The molecule has 0 fully saturated rings. The number of hydrazone groups is 1. The fraction of sp³-hybridized carbons (Fsp3) is 0. The van der Waals surface area contributed by atoms with Gasteiger partial charge in [0.1, 0.15) is 5.75 Å². The number of non-ortho nitro benzene ring substituents is 1. The van der Waals surface area contributed by atoms with E-state index in [-0.39, 0.29) is 10.6 Å². The highest BCUT2D eigenvalue weighted by atomic mass is 32.2. The lowest BCUT2D eigenvalue weighted by Crippen LogP contribution is -2.23. The molecule has 3 aromatic rings. The summed E-state index contributed by atoms with van der Waals surface area (Å²) in [7, 11) is -4.03. The van der Waals surface area contributed by atoms with E-state index < -0.39 is 20.0 Å². The molecule has 0 saturated carbocycles. The Morgan fingerprint density at radius 2 is 1.46 bits per heavy atom. The van der Waals surface area contributed by atoms with Gasteiger partial charge in [0.05, 0.1) is 15.5 Å². The molecule has 3 rings (SSSR count). The predicted molar refractivity (Wildman–Crippen MR) is 105 cm³/mol. The fourth-order valence-electron chi connectivity index (χ4n) is 2.20. The second-order valence-electron chi connectivity index (χ2n) is 5.53. The van der Waals surface area contributed by atoms with Gasteiger partial charge in [-0.3, -0.25) is 15.5 Å². The molecule has 8 nitrogen and oxygen atoms in total. The number of nitro benzene ring substituents is 1. The van der Waals surface area contributed by atoms with Crippen LogP contribution in [0.3, 0.4) is 0 Å². The van der Waals surface area contributed by atoms with Crippen LogP contribution < -0.4 is 10.2 Å². The molecule has 1 N–H and O–H groups in total. The zero-order valence-electron chi connectivity index (χ0n) is 14.4. The lowest BCUT2D eigenvalue weighted by atomic mass is 10.3. The highest BCUT2D eigenvalue weighted by molar-refractivity contribution is 8.06. The highest BCUT2D eigenvalue weighted by Crippen LogP contribution is 2.19. The monoisotopic (exact) mass is 397 g/mol. The summed E-state index contributed by atoms with van der Waals surface area (Å²) < 4.78 is 31.3. The number of ether oxygens (including phenoxy) is 1. The van der Waals surface area contributed by atoms with E-state index in [1.54, 1.807) is 48.5 Å². The minimum Gasteiger partial charge on any atom is -0.429 e. The number of hydrogen-bond acceptors (Lipinski definition) is 7. The molecule has 0 atom stereocenters. The average molecular weight is 397 g/mol. The Balaban J connectivity index is 1.93. The van der Waals surface area contributed by atoms with Crippen LogP contribution in [0.2, 0.25) is 0 Å². The molecule has 0 spiro atoms. The highest BCUT2D eigenvalue weighted by Gasteiger charge is 2.25. The lowest BCUT2D eigenvalue weighted by molar-refractivity contribution is -0.384. The molecule has 0 bridgehead atoms. The maximum Gasteiger partial charge on any atom is 0.337 e. The molecule has 0 heterocycles. The van der Waals surface area contributed by atoms with Gasteiger partial charge in [-0.1, -0.05) is 36.4 Å². The molecule has 0 radical (unpaired) electrons. The lowest BCUT2D eigenvalue weighted by Gasteiger charge is -2.10. The summed E-state index contributed by atoms with van der Waals surface area (Å²) in [6.45, 7) is 0. The number of rotatable bonds is 5. The molecule has 0 amide bonds. The third-order valence-electron chi connectivity index (χ3n) is 3.59. The van der Waals surface area contributed by atoms with Crippen LogP contribution in [0.1, 0.15) is 0 Å². The van der Waals surface area contributed by atoms with Gasteiger partial charge in [-0.15, -0.1) is 5.10 Å². The van der Waals surface area contributed by atoms with Gasteiger partial charge >= 0.3 is 5.23 Å². The van der Waals surface area contributed by atoms with Crippen molar-refractivity contribution in [2.24, 2.45) is 5.10 Å². The summed E-state index contributed by atoms with van der Waals surface area (Å²) >= 11 is 0. The summed E-state index contributed by atoms with van der Waals surface area (Å²) in [6, 6.07) is 21.5. The van der Waals surface area contributed by atoms with Crippen LogP contribution in [-0.2, 0) is 9.84 Å². The third kappa shape index (κ3) is 4.51. The van der Waals surface area contributed by atoms with Crippen LogP contribution in [0, 0.1) is 10.1 Å². The van der Waals surface area contributed by atoms with E-state index in [4.69, 9.17) is 4.74 Å². The summed E-state index contributed by atoms with van der Waals surface area (Å²) in [6.07, 6.45) is 0. The normalized spacial score (nSPS) is 11.6. The van der Waals surface area contributed by atoms with E-state index in [2.05, 4.69) is 10.5 Å². The van der Waals surface area contributed by atoms with E-state index in [1.165, 1.54) is 36.4 Å². The zero-order valence-corrected chi connectivity index (χ0v) is 15.2. The topological polar surface area (TPSA) is 111 Å². The largest absolute Gasteiger partial charge is 0.429 e. The Kier molecular flexibility index (Phi) is 5.66. The van der Waals surface area contributed by atoms with Gasteiger partial charge in [-0.25, -0.2) is 8.42 Å². The molecule has 0 aliphatic carbocycles. The number of sulfone groups is 1. The minimum atomic E-state index is -4.03. The number of hydrogen-bond donors (Lipinski definition) is 1. The molecule has 0 saturated heterocycles. The number of nitrogens with zero attached hydrogens (tertiary/aromatic N) is 2. The summed E-state index contributed by atoms with van der Waals surface area (Å²) in [4.78, 5) is 10.2. The van der Waals surface area contributed by atoms with Crippen molar-refractivity contribution in [3.8, 4) is 5.75 Å². The number of nitro groups is 1. The fourth-order valence-corrected chi connectivity index (χ4v) is 3.28. The minimum absolute atomic E-state index is 0.0233. The van der Waals surface area contributed by atoms with Crippen molar-refractivity contribution in [3.05, 3.63) is 95.0 Å². The van der Waals surface area contributed by atoms with Crippen molar-refractivity contribution >= 4 is 26.4 Å². The molecular weight excluding hydrogens is 382 g/mol. The van der Waals surface area contributed by atoms with Gasteiger partial charge in [-0.05, 0) is 36.4 Å². The van der Waals surface area contributed by atoms with Crippen molar-refractivity contribution in [1.29, 1.82) is 0 Å². The third-order valence-corrected chi connectivity index (χ3v) is 5.11. The molecule has 9 heteroatoms. The van der Waals surface area contributed by atoms with Gasteiger partial charge in [-0.2, -0.15) is 0 Å². The van der Waals surface area contributed by atoms with Crippen molar-refractivity contribution in [2.45, 2.75) is 4.90 Å². The van der Waals surface area contributed by atoms with Crippen LogP contribution in [-0.4, -0.2) is 18.6 Å². The molecule has 142 valence electrons. The maximum absolute atomic E-state index is 12.9. The zero-order chi connectivity index (χ0) is 20.0. The number of para-hydroxylation sites is 1. The van der Waals surface area contributed by atoms with Crippen LogP contribution in [0.15, 0.2) is 94.9 Å². The van der Waals surface area contributed by atoms with Gasteiger partial charge in [0, 0.05) is 12.1 Å². The number of anilines is 1. The first-order chi connectivity index (χ1) is 13.5. The smallest absolute Gasteiger partial charge is 0.337 e. The SMILES string of the molecule is O=[N+]([O-])c1ccc(N/N=C(\Oc2ccccc2)S(=O)(=O)c2ccccc2)cc1. The van der Waals surface area contributed by atoms with Gasteiger partial charge in [0.2, 0.25) is 0 Å². The van der Waals surface area contributed by atoms with E-state index in [9.17, 15) is 18.5 Å². The number of benzene rings is 3. The second kappa shape index (κ2) is 8.31. The van der Waals surface area contributed by atoms with E-state index in [0.29, 0.717) is 11.4 Å². The molecule has 0 aromatic heterocycles. The Morgan fingerprint density at radius 1 is 0.893 bits per heavy atom. The Bertz CT molecular complexity index is 1080. The molecular formula is C19H15N3O5S.